The van der Waals surface area contributed by atoms with Gasteiger partial charge in [0.05, 0.1) is 6.04 Å². The van der Waals surface area contributed by atoms with Crippen molar-refractivity contribution in [3.8, 4) is 0 Å². The summed E-state index contributed by atoms with van der Waals surface area (Å²) in [6.07, 6.45) is 0. The van der Waals surface area contributed by atoms with Gasteiger partial charge in [-0.15, -0.1) is 0 Å². The summed E-state index contributed by atoms with van der Waals surface area (Å²) in [4.78, 5) is 13.9. The van der Waals surface area contributed by atoms with Crippen LogP contribution in [0.1, 0.15) is 49.4 Å². The van der Waals surface area contributed by atoms with Crippen molar-refractivity contribution in [1.82, 2.24) is 10.2 Å². The number of carbonyl (C=O) groups excluding carboxylic acids is 1. The SMILES string of the molecule is CC(C)c1ccc(CN(C)C(=O)NC(C)c2ccc(F)c(F)c2)cc1. The molecule has 1 atom stereocenters. The van der Waals surface area contributed by atoms with Gasteiger partial charge in [0, 0.05) is 13.6 Å². The maximum atomic E-state index is 13.3. The number of hydrogen-bond acceptors (Lipinski definition) is 1. The fraction of sp³-hybridized carbons (Fsp3) is 0.350. The average molecular weight is 346 g/mol. The monoisotopic (exact) mass is 346 g/mol. The van der Waals surface area contributed by atoms with Crippen LogP contribution in [0.3, 0.4) is 0 Å². The fourth-order valence-corrected chi connectivity index (χ4v) is 2.51. The molecule has 2 rings (SSSR count). The molecular formula is C20H24F2N2O. The largest absolute Gasteiger partial charge is 0.331 e. The lowest BCUT2D eigenvalue weighted by molar-refractivity contribution is 0.203. The Bertz CT molecular complexity index is 729. The second-order valence-electron chi connectivity index (χ2n) is 6.60. The third-order valence-corrected chi connectivity index (χ3v) is 4.20. The molecule has 0 saturated carbocycles. The third kappa shape index (κ3) is 5.02. The summed E-state index contributed by atoms with van der Waals surface area (Å²) in [6.45, 7) is 6.47. The minimum Gasteiger partial charge on any atom is -0.331 e. The molecule has 2 aromatic rings. The molecule has 0 bridgehead atoms. The van der Waals surface area contributed by atoms with Crippen LogP contribution in [0, 0.1) is 11.6 Å². The number of hydrogen-bond donors (Lipinski definition) is 1. The molecule has 2 aromatic carbocycles. The quantitative estimate of drug-likeness (QED) is 0.813. The van der Waals surface area contributed by atoms with Gasteiger partial charge in [-0.3, -0.25) is 0 Å². The van der Waals surface area contributed by atoms with Crippen molar-refractivity contribution in [2.24, 2.45) is 0 Å². The Balaban J connectivity index is 1.96. The van der Waals surface area contributed by atoms with E-state index >= 15 is 0 Å². The van der Waals surface area contributed by atoms with Crippen LogP contribution in [-0.2, 0) is 6.54 Å². The second kappa shape index (κ2) is 8.10. The van der Waals surface area contributed by atoms with Gasteiger partial charge in [0.1, 0.15) is 0 Å². The number of urea groups is 1. The van der Waals surface area contributed by atoms with Gasteiger partial charge < -0.3 is 10.2 Å². The van der Waals surface area contributed by atoms with E-state index in [1.807, 2.05) is 12.1 Å². The first-order valence-electron chi connectivity index (χ1n) is 8.33. The summed E-state index contributed by atoms with van der Waals surface area (Å²) >= 11 is 0. The van der Waals surface area contributed by atoms with Gasteiger partial charge in [-0.1, -0.05) is 44.2 Å². The molecule has 3 nitrogen and oxygen atoms in total. The van der Waals surface area contributed by atoms with Crippen molar-refractivity contribution in [1.29, 1.82) is 0 Å². The Morgan fingerprint density at radius 3 is 2.16 bits per heavy atom. The highest BCUT2D eigenvalue weighted by molar-refractivity contribution is 5.74. The Morgan fingerprint density at radius 1 is 1.00 bits per heavy atom. The van der Waals surface area contributed by atoms with Gasteiger partial charge in [-0.2, -0.15) is 0 Å². The fourth-order valence-electron chi connectivity index (χ4n) is 2.51. The Hall–Kier alpha value is -2.43. The molecule has 1 N–H and O–H groups in total. The summed E-state index contributed by atoms with van der Waals surface area (Å²) in [5.41, 5.74) is 2.80. The summed E-state index contributed by atoms with van der Waals surface area (Å²) in [7, 11) is 1.70. The topological polar surface area (TPSA) is 32.3 Å². The normalized spacial score (nSPS) is 12.1. The van der Waals surface area contributed by atoms with Crippen molar-refractivity contribution >= 4 is 6.03 Å². The predicted octanol–water partition coefficient (Wildman–Crippen LogP) is 4.99. The zero-order chi connectivity index (χ0) is 18.6. The molecule has 0 heterocycles. The highest BCUT2D eigenvalue weighted by Gasteiger charge is 2.15. The lowest BCUT2D eigenvalue weighted by Crippen LogP contribution is -2.38. The number of nitrogens with zero attached hydrogens (tertiary/aromatic N) is 1. The zero-order valence-electron chi connectivity index (χ0n) is 15.0. The van der Waals surface area contributed by atoms with Gasteiger partial charge in [0.2, 0.25) is 0 Å². The number of amides is 2. The van der Waals surface area contributed by atoms with Gasteiger partial charge in [-0.25, -0.2) is 13.6 Å². The molecule has 0 radical (unpaired) electrons. The lowest BCUT2D eigenvalue weighted by Gasteiger charge is -2.22. The van der Waals surface area contributed by atoms with Crippen LogP contribution in [0.5, 0.6) is 0 Å². The molecule has 0 aliphatic rings. The average Bonchev–Trinajstić information content (AvgIpc) is 2.57. The predicted molar refractivity (Wildman–Crippen MR) is 95.3 cm³/mol. The molecule has 0 aromatic heterocycles. The molecule has 1 unspecified atom stereocenters. The van der Waals surface area contributed by atoms with E-state index in [2.05, 4.69) is 31.3 Å². The summed E-state index contributed by atoms with van der Waals surface area (Å²) < 4.78 is 26.3. The smallest absolute Gasteiger partial charge is 0.317 e. The van der Waals surface area contributed by atoms with Gasteiger partial charge in [0.15, 0.2) is 11.6 Å². The van der Waals surface area contributed by atoms with Crippen LogP contribution in [-0.4, -0.2) is 18.0 Å². The molecule has 134 valence electrons. The van der Waals surface area contributed by atoms with Crippen LogP contribution < -0.4 is 5.32 Å². The van der Waals surface area contributed by atoms with Crippen LogP contribution in [0.25, 0.3) is 0 Å². The molecule has 0 aliphatic heterocycles. The van der Waals surface area contributed by atoms with Crippen molar-refractivity contribution in [2.75, 3.05) is 7.05 Å². The van der Waals surface area contributed by atoms with E-state index in [-0.39, 0.29) is 6.03 Å². The number of halogens is 2. The third-order valence-electron chi connectivity index (χ3n) is 4.20. The Morgan fingerprint density at radius 2 is 1.60 bits per heavy atom. The molecule has 2 amide bonds. The van der Waals surface area contributed by atoms with Gasteiger partial charge >= 0.3 is 6.03 Å². The molecule has 0 spiro atoms. The summed E-state index contributed by atoms with van der Waals surface area (Å²) in [5.74, 6) is -1.35. The van der Waals surface area contributed by atoms with Crippen LogP contribution in [0.15, 0.2) is 42.5 Å². The number of rotatable bonds is 5. The first-order chi connectivity index (χ1) is 11.8. The van der Waals surface area contributed by atoms with Crippen molar-refractivity contribution < 1.29 is 13.6 Å². The maximum Gasteiger partial charge on any atom is 0.317 e. The van der Waals surface area contributed by atoms with Crippen LogP contribution in [0.2, 0.25) is 0 Å². The van der Waals surface area contributed by atoms with E-state index in [0.29, 0.717) is 18.0 Å². The van der Waals surface area contributed by atoms with Gasteiger partial charge in [-0.05, 0) is 41.7 Å². The van der Waals surface area contributed by atoms with E-state index in [4.69, 9.17) is 0 Å². The Labute approximate surface area is 147 Å². The second-order valence-corrected chi connectivity index (χ2v) is 6.60. The van der Waals surface area contributed by atoms with Crippen molar-refractivity contribution in [3.63, 3.8) is 0 Å². The number of nitrogens with one attached hydrogen (secondary N) is 1. The van der Waals surface area contributed by atoms with E-state index in [0.717, 1.165) is 17.7 Å². The van der Waals surface area contributed by atoms with Crippen molar-refractivity contribution in [3.05, 3.63) is 70.8 Å². The molecule has 0 fully saturated rings. The first-order valence-corrected chi connectivity index (χ1v) is 8.33. The Kier molecular flexibility index (Phi) is 6.12. The van der Waals surface area contributed by atoms with E-state index < -0.39 is 17.7 Å². The number of benzene rings is 2. The molecule has 0 aliphatic carbocycles. The van der Waals surface area contributed by atoms with Crippen molar-refractivity contribution in [2.45, 2.75) is 39.3 Å². The zero-order valence-corrected chi connectivity index (χ0v) is 15.0. The first kappa shape index (κ1) is 18.9. The van der Waals surface area contributed by atoms with E-state index in [1.165, 1.54) is 11.6 Å². The highest BCUT2D eigenvalue weighted by Crippen LogP contribution is 2.17. The van der Waals surface area contributed by atoms with Crippen LogP contribution in [0.4, 0.5) is 13.6 Å². The number of carbonyl (C=O) groups is 1. The summed E-state index contributed by atoms with van der Waals surface area (Å²) in [6, 6.07) is 11.1. The lowest BCUT2D eigenvalue weighted by atomic mass is 10.0. The van der Waals surface area contributed by atoms with E-state index in [9.17, 15) is 13.6 Å². The highest BCUT2D eigenvalue weighted by atomic mass is 19.2. The standard InChI is InChI=1S/C20H24F2N2O/c1-13(2)16-7-5-15(6-8-16)12-24(4)20(25)23-14(3)17-9-10-18(21)19(22)11-17/h5-11,13-14H,12H2,1-4H3,(H,23,25). The molecular weight excluding hydrogens is 322 g/mol. The molecule has 25 heavy (non-hydrogen) atoms. The molecule has 0 saturated heterocycles. The molecule has 5 heteroatoms. The maximum absolute atomic E-state index is 13.3. The van der Waals surface area contributed by atoms with Crippen LogP contribution >= 0.6 is 0 Å². The van der Waals surface area contributed by atoms with Gasteiger partial charge in [0.25, 0.3) is 0 Å². The van der Waals surface area contributed by atoms with E-state index in [1.54, 1.807) is 18.9 Å². The minimum atomic E-state index is -0.919. The minimum absolute atomic E-state index is 0.273. The summed E-state index contributed by atoms with van der Waals surface area (Å²) in [5, 5.41) is 2.79.